The summed E-state index contributed by atoms with van der Waals surface area (Å²) in [7, 11) is 0. The van der Waals surface area contributed by atoms with Crippen molar-refractivity contribution < 1.29 is 4.79 Å². The Morgan fingerprint density at radius 3 is 3.10 bits per heavy atom. The third kappa shape index (κ3) is 3.18. The number of nitrogens with two attached hydrogens (primary N) is 1. The SMILES string of the molecule is Cc1c[nH]c2ncnc(N3C=C(C(=O)N[C@H]4c5ccccc5C[C@@H]4N)SCC3)c12. The van der Waals surface area contributed by atoms with Crippen molar-refractivity contribution in [1.29, 1.82) is 0 Å². The van der Waals surface area contributed by atoms with Crippen LogP contribution in [0.3, 0.4) is 0 Å². The molecular weight excluding hydrogens is 384 g/mol. The molecule has 0 spiro atoms. The molecule has 148 valence electrons. The Morgan fingerprint density at radius 1 is 1.34 bits per heavy atom. The quantitative estimate of drug-likeness (QED) is 0.618. The number of amides is 1. The van der Waals surface area contributed by atoms with Crippen molar-refractivity contribution in [2.75, 3.05) is 17.2 Å². The summed E-state index contributed by atoms with van der Waals surface area (Å²) < 4.78 is 0. The monoisotopic (exact) mass is 406 g/mol. The molecule has 1 aliphatic carbocycles. The molecular formula is C21H22N6OS. The van der Waals surface area contributed by atoms with Gasteiger partial charge in [0.2, 0.25) is 0 Å². The lowest BCUT2D eigenvalue weighted by atomic mass is 10.1. The van der Waals surface area contributed by atoms with Gasteiger partial charge in [0.05, 0.1) is 16.3 Å². The summed E-state index contributed by atoms with van der Waals surface area (Å²) >= 11 is 1.56. The highest BCUT2D eigenvalue weighted by Gasteiger charge is 2.32. The normalized spacial score (nSPS) is 21.2. The van der Waals surface area contributed by atoms with E-state index in [9.17, 15) is 4.79 Å². The molecule has 0 saturated carbocycles. The molecule has 2 aromatic heterocycles. The van der Waals surface area contributed by atoms with Crippen LogP contribution in [0.2, 0.25) is 0 Å². The van der Waals surface area contributed by atoms with Gasteiger partial charge in [-0.25, -0.2) is 9.97 Å². The Hall–Kier alpha value is -2.84. The molecule has 0 fully saturated rings. The molecule has 7 nitrogen and oxygen atoms in total. The van der Waals surface area contributed by atoms with Crippen molar-refractivity contribution in [2.24, 2.45) is 5.73 Å². The minimum atomic E-state index is -0.159. The Bertz CT molecular complexity index is 1120. The molecule has 0 unspecified atom stereocenters. The van der Waals surface area contributed by atoms with E-state index in [1.807, 2.05) is 42.4 Å². The first-order valence-corrected chi connectivity index (χ1v) is 10.6. The molecule has 1 aromatic carbocycles. The van der Waals surface area contributed by atoms with Crippen LogP contribution in [0.4, 0.5) is 5.82 Å². The smallest absolute Gasteiger partial charge is 0.259 e. The van der Waals surface area contributed by atoms with Crippen molar-refractivity contribution in [3.63, 3.8) is 0 Å². The molecule has 1 amide bonds. The van der Waals surface area contributed by atoms with Crippen LogP contribution < -0.4 is 16.0 Å². The van der Waals surface area contributed by atoms with Gasteiger partial charge in [0, 0.05) is 30.7 Å². The predicted molar refractivity (Wildman–Crippen MR) is 116 cm³/mol. The maximum absolute atomic E-state index is 13.0. The van der Waals surface area contributed by atoms with Crippen LogP contribution in [0.15, 0.2) is 47.9 Å². The number of nitrogens with one attached hydrogen (secondary N) is 2. The molecule has 4 N–H and O–H groups in total. The summed E-state index contributed by atoms with van der Waals surface area (Å²) in [6, 6.07) is 7.87. The molecule has 2 atom stereocenters. The predicted octanol–water partition coefficient (Wildman–Crippen LogP) is 2.40. The second kappa shape index (κ2) is 7.20. The largest absolute Gasteiger partial charge is 0.346 e. The van der Waals surface area contributed by atoms with Crippen molar-refractivity contribution in [3.8, 4) is 0 Å². The van der Waals surface area contributed by atoms with Gasteiger partial charge in [0.15, 0.2) is 0 Å². The average Bonchev–Trinajstić information content (AvgIpc) is 3.28. The molecule has 1 aliphatic heterocycles. The summed E-state index contributed by atoms with van der Waals surface area (Å²) in [5, 5.41) is 4.14. The number of benzene rings is 1. The number of anilines is 1. The van der Waals surface area contributed by atoms with E-state index >= 15 is 0 Å². The summed E-state index contributed by atoms with van der Waals surface area (Å²) in [6.07, 6.45) is 6.16. The lowest BCUT2D eigenvalue weighted by molar-refractivity contribution is -0.117. The van der Waals surface area contributed by atoms with Crippen molar-refractivity contribution in [2.45, 2.75) is 25.4 Å². The second-order valence-corrected chi connectivity index (χ2v) is 8.58. The lowest BCUT2D eigenvalue weighted by Gasteiger charge is -2.27. The van der Waals surface area contributed by atoms with E-state index in [1.54, 1.807) is 18.1 Å². The third-order valence-corrected chi connectivity index (χ3v) is 6.55. The Labute approximate surface area is 172 Å². The first-order chi connectivity index (χ1) is 14.1. The number of aryl methyl sites for hydroxylation is 1. The van der Waals surface area contributed by atoms with Gasteiger partial charge < -0.3 is 20.9 Å². The third-order valence-electron chi connectivity index (χ3n) is 5.57. The van der Waals surface area contributed by atoms with E-state index < -0.39 is 0 Å². The fourth-order valence-corrected chi connectivity index (χ4v) is 5.03. The summed E-state index contributed by atoms with van der Waals surface area (Å²) in [5.74, 6) is 1.54. The number of carbonyl (C=O) groups excluding carboxylic acids is 1. The molecule has 5 rings (SSSR count). The molecule has 0 bridgehead atoms. The number of hydrogen-bond donors (Lipinski definition) is 3. The van der Waals surface area contributed by atoms with E-state index in [-0.39, 0.29) is 18.0 Å². The van der Waals surface area contributed by atoms with Crippen LogP contribution in [0, 0.1) is 6.92 Å². The molecule has 8 heteroatoms. The Kier molecular flexibility index (Phi) is 4.52. The number of hydrogen-bond acceptors (Lipinski definition) is 6. The number of thioether (sulfide) groups is 1. The van der Waals surface area contributed by atoms with E-state index in [2.05, 4.69) is 26.3 Å². The fourth-order valence-electron chi connectivity index (χ4n) is 4.13. The number of aromatic nitrogens is 3. The van der Waals surface area contributed by atoms with Gasteiger partial charge in [-0.3, -0.25) is 4.79 Å². The summed E-state index contributed by atoms with van der Waals surface area (Å²) in [4.78, 5) is 27.7. The van der Waals surface area contributed by atoms with E-state index in [1.165, 1.54) is 5.56 Å². The van der Waals surface area contributed by atoms with E-state index in [4.69, 9.17) is 5.73 Å². The molecule has 0 saturated heterocycles. The molecule has 3 aromatic rings. The van der Waals surface area contributed by atoms with E-state index in [0.29, 0.717) is 4.91 Å². The molecule has 2 aliphatic rings. The standard InChI is InChI=1S/C21H22N6OS/c1-12-9-23-19-17(12)20(25-11-24-19)27-6-7-29-16(10-27)21(28)26-18-14-5-3-2-4-13(14)8-15(18)22/h2-5,9-11,15,18H,6-8,22H2,1H3,(H,26,28)(H,23,24,25)/t15-,18-/m0/s1. The number of aromatic amines is 1. The minimum Gasteiger partial charge on any atom is -0.346 e. The van der Waals surface area contributed by atoms with Gasteiger partial charge in [-0.15, -0.1) is 11.8 Å². The highest BCUT2D eigenvalue weighted by atomic mass is 32.2. The molecule has 0 radical (unpaired) electrons. The minimum absolute atomic E-state index is 0.0899. The van der Waals surface area contributed by atoms with Crippen LogP contribution in [-0.2, 0) is 11.2 Å². The number of carbonyl (C=O) groups is 1. The molecule has 3 heterocycles. The summed E-state index contributed by atoms with van der Waals surface area (Å²) in [6.45, 7) is 2.81. The van der Waals surface area contributed by atoms with Crippen molar-refractivity contribution >= 4 is 34.5 Å². The maximum Gasteiger partial charge on any atom is 0.259 e. The topological polar surface area (TPSA) is 99.9 Å². The Balaban J connectivity index is 1.42. The van der Waals surface area contributed by atoms with Gasteiger partial charge in [0.1, 0.15) is 17.8 Å². The first-order valence-electron chi connectivity index (χ1n) is 9.66. The zero-order valence-corrected chi connectivity index (χ0v) is 16.9. The van der Waals surface area contributed by atoms with Crippen LogP contribution in [0.25, 0.3) is 11.0 Å². The van der Waals surface area contributed by atoms with Gasteiger partial charge in [0.25, 0.3) is 5.91 Å². The zero-order valence-electron chi connectivity index (χ0n) is 16.1. The maximum atomic E-state index is 13.0. The van der Waals surface area contributed by atoms with Crippen molar-refractivity contribution in [1.82, 2.24) is 20.3 Å². The number of H-pyrrole nitrogens is 1. The van der Waals surface area contributed by atoms with Crippen LogP contribution in [0.1, 0.15) is 22.7 Å². The van der Waals surface area contributed by atoms with E-state index in [0.717, 1.165) is 46.7 Å². The number of nitrogens with zero attached hydrogens (tertiary/aromatic N) is 3. The first kappa shape index (κ1) is 18.2. The average molecular weight is 407 g/mol. The summed E-state index contributed by atoms with van der Waals surface area (Å²) in [5.41, 5.74) is 10.5. The second-order valence-electron chi connectivity index (χ2n) is 7.45. The number of fused-ring (bicyclic) bond motifs is 2. The van der Waals surface area contributed by atoms with Crippen molar-refractivity contribution in [3.05, 3.63) is 64.6 Å². The highest BCUT2D eigenvalue weighted by Crippen LogP contribution is 2.33. The fraction of sp³-hybridized carbons (Fsp3) is 0.286. The van der Waals surface area contributed by atoms with Gasteiger partial charge >= 0.3 is 0 Å². The van der Waals surface area contributed by atoms with Gasteiger partial charge in [-0.1, -0.05) is 24.3 Å². The van der Waals surface area contributed by atoms with Crippen LogP contribution in [-0.4, -0.2) is 39.2 Å². The highest BCUT2D eigenvalue weighted by molar-refractivity contribution is 8.04. The van der Waals surface area contributed by atoms with Gasteiger partial charge in [-0.05, 0) is 30.0 Å². The lowest BCUT2D eigenvalue weighted by Crippen LogP contribution is -2.39. The van der Waals surface area contributed by atoms with Crippen LogP contribution in [0.5, 0.6) is 0 Å². The number of rotatable bonds is 3. The van der Waals surface area contributed by atoms with Crippen LogP contribution >= 0.6 is 11.8 Å². The molecule has 29 heavy (non-hydrogen) atoms. The van der Waals surface area contributed by atoms with Gasteiger partial charge in [-0.2, -0.15) is 0 Å². The zero-order chi connectivity index (χ0) is 20.0. The Morgan fingerprint density at radius 2 is 2.21 bits per heavy atom.